The molecule has 136 valence electrons. The average Bonchev–Trinajstić information content (AvgIpc) is 2.93. The van der Waals surface area contributed by atoms with Crippen LogP contribution in [0.5, 0.6) is 5.75 Å². The van der Waals surface area contributed by atoms with Gasteiger partial charge in [0.1, 0.15) is 30.1 Å². The minimum absolute atomic E-state index is 0.297. The second-order valence-corrected chi connectivity index (χ2v) is 7.21. The Hall–Kier alpha value is -1.92. The molecule has 1 aliphatic rings. The summed E-state index contributed by atoms with van der Waals surface area (Å²) >= 11 is 0. The summed E-state index contributed by atoms with van der Waals surface area (Å²) in [5.41, 5.74) is 2.35. The summed E-state index contributed by atoms with van der Waals surface area (Å²) < 4.78 is 8.09. The third kappa shape index (κ3) is 4.19. The Balaban J connectivity index is 1.55. The summed E-state index contributed by atoms with van der Waals surface area (Å²) in [6.45, 7) is 11.7. The van der Waals surface area contributed by atoms with Crippen LogP contribution in [0.3, 0.4) is 0 Å². The van der Waals surface area contributed by atoms with Crippen LogP contribution >= 0.6 is 0 Å². The molecule has 0 aliphatic carbocycles. The fourth-order valence-electron chi connectivity index (χ4n) is 3.29. The minimum atomic E-state index is -0.531. The summed E-state index contributed by atoms with van der Waals surface area (Å²) in [6.07, 6.45) is -0.531. The Morgan fingerprint density at radius 2 is 2.00 bits per heavy atom. The van der Waals surface area contributed by atoms with Crippen molar-refractivity contribution >= 4 is 0 Å². The van der Waals surface area contributed by atoms with Crippen molar-refractivity contribution in [3.8, 4) is 5.75 Å². The number of nitrogens with zero attached hydrogens (tertiary/aromatic N) is 4. The molecule has 0 spiro atoms. The number of aliphatic hydroxyl groups excluding tert-OH is 1. The molecule has 1 aliphatic heterocycles. The number of benzene rings is 1. The Bertz CT molecular complexity index is 726. The van der Waals surface area contributed by atoms with Crippen molar-refractivity contribution in [1.82, 2.24) is 19.7 Å². The molecule has 0 saturated carbocycles. The first-order valence-electron chi connectivity index (χ1n) is 8.96. The minimum Gasteiger partial charge on any atom is -0.491 e. The van der Waals surface area contributed by atoms with Crippen LogP contribution in [0.4, 0.5) is 0 Å². The molecular formula is C19H28N4O2. The van der Waals surface area contributed by atoms with Crippen LogP contribution in [-0.4, -0.2) is 50.6 Å². The molecule has 0 bridgehead atoms. The normalized spacial score (nSPS) is 16.1. The second kappa shape index (κ2) is 7.54. The molecular weight excluding hydrogens is 316 g/mol. The predicted octanol–water partition coefficient (Wildman–Crippen LogP) is 2.27. The number of ether oxygens (including phenoxy) is 1. The summed E-state index contributed by atoms with van der Waals surface area (Å²) in [4.78, 5) is 2.21. The van der Waals surface area contributed by atoms with Crippen LogP contribution in [0.25, 0.3) is 0 Å². The smallest absolute Gasteiger partial charge is 0.147 e. The number of aryl methyl sites for hydroxylation is 2. The van der Waals surface area contributed by atoms with Gasteiger partial charge >= 0.3 is 0 Å². The lowest BCUT2D eigenvalue weighted by molar-refractivity contribution is 0.0578. The van der Waals surface area contributed by atoms with Crippen LogP contribution in [0, 0.1) is 13.8 Å². The number of fused-ring (bicyclic) bond motifs is 1. The number of aromatic nitrogens is 3. The van der Waals surface area contributed by atoms with Crippen LogP contribution in [0.2, 0.25) is 0 Å². The highest BCUT2D eigenvalue weighted by Crippen LogP contribution is 2.27. The van der Waals surface area contributed by atoms with Gasteiger partial charge in [0.05, 0.1) is 6.54 Å². The maximum Gasteiger partial charge on any atom is 0.147 e. The van der Waals surface area contributed by atoms with Crippen molar-refractivity contribution in [3.05, 3.63) is 41.0 Å². The topological polar surface area (TPSA) is 63.4 Å². The number of hydrogen-bond donors (Lipinski definition) is 1. The molecule has 2 aromatic rings. The monoisotopic (exact) mass is 344 g/mol. The van der Waals surface area contributed by atoms with E-state index in [1.165, 1.54) is 11.1 Å². The van der Waals surface area contributed by atoms with E-state index < -0.39 is 6.10 Å². The largest absolute Gasteiger partial charge is 0.491 e. The first-order valence-corrected chi connectivity index (χ1v) is 8.96. The summed E-state index contributed by atoms with van der Waals surface area (Å²) in [5, 5.41) is 18.7. The van der Waals surface area contributed by atoms with E-state index in [9.17, 15) is 5.11 Å². The number of hydrogen-bond acceptors (Lipinski definition) is 5. The lowest BCUT2D eigenvalue weighted by Crippen LogP contribution is -2.40. The molecule has 1 N–H and O–H groups in total. The van der Waals surface area contributed by atoms with Crippen LogP contribution in [-0.2, 0) is 13.1 Å². The van der Waals surface area contributed by atoms with E-state index in [1.54, 1.807) is 0 Å². The molecule has 0 unspecified atom stereocenters. The maximum atomic E-state index is 10.4. The van der Waals surface area contributed by atoms with Gasteiger partial charge < -0.3 is 14.4 Å². The molecule has 0 saturated heterocycles. The van der Waals surface area contributed by atoms with Crippen molar-refractivity contribution in [2.24, 2.45) is 0 Å². The van der Waals surface area contributed by atoms with E-state index in [4.69, 9.17) is 4.74 Å². The zero-order valence-electron chi connectivity index (χ0n) is 15.6. The average molecular weight is 344 g/mol. The van der Waals surface area contributed by atoms with Crippen LogP contribution < -0.4 is 4.74 Å². The van der Waals surface area contributed by atoms with E-state index in [0.717, 1.165) is 37.0 Å². The number of rotatable bonds is 6. The summed E-state index contributed by atoms with van der Waals surface area (Å²) in [6, 6.07) is 6.26. The van der Waals surface area contributed by atoms with Crippen molar-refractivity contribution in [2.45, 2.75) is 52.8 Å². The second-order valence-electron chi connectivity index (χ2n) is 7.21. The molecule has 1 atom stereocenters. The Morgan fingerprint density at radius 1 is 1.20 bits per heavy atom. The third-order valence-corrected chi connectivity index (χ3v) is 4.71. The lowest BCUT2D eigenvalue weighted by Gasteiger charge is -2.29. The Kier molecular flexibility index (Phi) is 5.39. The zero-order valence-corrected chi connectivity index (χ0v) is 15.6. The van der Waals surface area contributed by atoms with Gasteiger partial charge in [0.2, 0.25) is 0 Å². The molecule has 0 fully saturated rings. The molecule has 1 aromatic heterocycles. The van der Waals surface area contributed by atoms with Crippen molar-refractivity contribution in [1.29, 1.82) is 0 Å². The van der Waals surface area contributed by atoms with E-state index in [0.29, 0.717) is 19.1 Å². The fraction of sp³-hybridized carbons (Fsp3) is 0.579. The molecule has 1 aromatic carbocycles. The van der Waals surface area contributed by atoms with E-state index in [1.807, 2.05) is 13.0 Å². The highest BCUT2D eigenvalue weighted by Gasteiger charge is 2.22. The highest BCUT2D eigenvalue weighted by molar-refractivity contribution is 5.39. The molecule has 3 rings (SSSR count). The molecule has 0 amide bonds. The van der Waals surface area contributed by atoms with Gasteiger partial charge in [-0.3, -0.25) is 4.90 Å². The van der Waals surface area contributed by atoms with Crippen LogP contribution in [0.1, 0.15) is 42.5 Å². The van der Waals surface area contributed by atoms with Crippen LogP contribution in [0.15, 0.2) is 18.2 Å². The Labute approximate surface area is 149 Å². The van der Waals surface area contributed by atoms with Gasteiger partial charge in [-0.05, 0) is 37.0 Å². The molecule has 6 nitrogen and oxygen atoms in total. The predicted molar refractivity (Wildman–Crippen MR) is 96.8 cm³/mol. The standard InChI is InChI=1S/C19H28N4O2/c1-13(2)17-6-5-14(3)9-18(17)25-12-16(24)10-22-7-8-23-15(4)20-21-19(23)11-22/h5-6,9,13,16,24H,7-8,10-12H2,1-4H3/t16-/m0/s1. The molecule has 2 heterocycles. The van der Waals surface area contributed by atoms with Gasteiger partial charge in [-0.15, -0.1) is 10.2 Å². The molecule has 0 radical (unpaired) electrons. The zero-order chi connectivity index (χ0) is 18.0. The van der Waals surface area contributed by atoms with Crippen molar-refractivity contribution < 1.29 is 9.84 Å². The third-order valence-electron chi connectivity index (χ3n) is 4.71. The van der Waals surface area contributed by atoms with E-state index >= 15 is 0 Å². The van der Waals surface area contributed by atoms with Gasteiger partial charge in [-0.2, -0.15) is 0 Å². The summed E-state index contributed by atoms with van der Waals surface area (Å²) in [5.74, 6) is 3.20. The maximum absolute atomic E-state index is 10.4. The van der Waals surface area contributed by atoms with E-state index in [2.05, 4.69) is 52.6 Å². The number of β-amino-alcohol motifs (C(OH)–C–C–N with tert-alkyl or cyclic N) is 1. The quantitative estimate of drug-likeness (QED) is 0.871. The first-order chi connectivity index (χ1) is 11.9. The molecule has 6 heteroatoms. The first kappa shape index (κ1) is 17.9. The Morgan fingerprint density at radius 3 is 2.76 bits per heavy atom. The fourth-order valence-corrected chi connectivity index (χ4v) is 3.29. The highest BCUT2D eigenvalue weighted by atomic mass is 16.5. The van der Waals surface area contributed by atoms with Gasteiger partial charge in [0.25, 0.3) is 0 Å². The van der Waals surface area contributed by atoms with Gasteiger partial charge in [-0.1, -0.05) is 26.0 Å². The van der Waals surface area contributed by atoms with Gasteiger partial charge in [0.15, 0.2) is 0 Å². The molecule has 25 heavy (non-hydrogen) atoms. The van der Waals surface area contributed by atoms with E-state index in [-0.39, 0.29) is 0 Å². The van der Waals surface area contributed by atoms with Gasteiger partial charge in [-0.25, -0.2) is 0 Å². The van der Waals surface area contributed by atoms with Crippen molar-refractivity contribution in [3.63, 3.8) is 0 Å². The number of aliphatic hydroxyl groups is 1. The van der Waals surface area contributed by atoms with Gasteiger partial charge in [0, 0.05) is 19.6 Å². The van der Waals surface area contributed by atoms with Crippen molar-refractivity contribution in [2.75, 3.05) is 19.7 Å². The summed E-state index contributed by atoms with van der Waals surface area (Å²) in [7, 11) is 0. The lowest BCUT2D eigenvalue weighted by atomic mass is 10.0. The SMILES string of the molecule is Cc1ccc(C(C)C)c(OC[C@@H](O)CN2CCn3c(C)nnc3C2)c1.